The van der Waals surface area contributed by atoms with Gasteiger partial charge in [-0.25, -0.2) is 4.98 Å². The number of fused-ring (bicyclic) bond motifs is 1. The summed E-state index contributed by atoms with van der Waals surface area (Å²) < 4.78 is 1.54. The molecule has 0 saturated carbocycles. The number of carbonyl (C=O) groups excluding carboxylic acids is 1. The molecule has 1 aromatic carbocycles. The minimum absolute atomic E-state index is 0.146. The first-order valence-electron chi connectivity index (χ1n) is 5.34. The summed E-state index contributed by atoms with van der Waals surface area (Å²) in [4.78, 5) is 27.0. The quantitative estimate of drug-likeness (QED) is 0.839. The lowest BCUT2D eigenvalue weighted by atomic mass is 10.2. The van der Waals surface area contributed by atoms with Crippen molar-refractivity contribution in [1.82, 2.24) is 9.55 Å². The van der Waals surface area contributed by atoms with Gasteiger partial charge in [0.1, 0.15) is 5.69 Å². The Bertz CT molecular complexity index is 631. The molecule has 0 fully saturated rings. The molecule has 88 valence electrons. The molecule has 0 radical (unpaired) electrons. The van der Waals surface area contributed by atoms with E-state index in [4.69, 9.17) is 5.73 Å². The van der Waals surface area contributed by atoms with Crippen LogP contribution in [0.25, 0.3) is 11.0 Å². The summed E-state index contributed by atoms with van der Waals surface area (Å²) in [6.45, 7) is 1.95. The average molecular weight is 231 g/mol. The molecule has 2 aromatic rings. The van der Waals surface area contributed by atoms with Gasteiger partial charge >= 0.3 is 0 Å². The van der Waals surface area contributed by atoms with E-state index >= 15 is 0 Å². The van der Waals surface area contributed by atoms with Gasteiger partial charge in [0.25, 0.3) is 5.56 Å². The number of aryl methyl sites for hydroxylation is 2. The van der Waals surface area contributed by atoms with Crippen molar-refractivity contribution in [3.05, 3.63) is 40.3 Å². The predicted octanol–water partition coefficient (Wildman–Crippen LogP) is 0.580. The van der Waals surface area contributed by atoms with Crippen molar-refractivity contribution in [2.45, 2.75) is 19.9 Å². The highest BCUT2D eigenvalue weighted by molar-refractivity contribution is 5.76. The molecular weight excluding hydrogens is 218 g/mol. The third-order valence-electron chi connectivity index (χ3n) is 2.60. The highest BCUT2D eigenvalue weighted by Gasteiger charge is 2.08. The number of carbonyl (C=O) groups is 1. The molecule has 17 heavy (non-hydrogen) atoms. The molecule has 2 N–H and O–H groups in total. The highest BCUT2D eigenvalue weighted by atomic mass is 16.1. The van der Waals surface area contributed by atoms with Crippen LogP contribution in [0.5, 0.6) is 0 Å². The molecule has 0 bridgehead atoms. The number of amides is 1. The molecule has 0 atom stereocenters. The van der Waals surface area contributed by atoms with Gasteiger partial charge in [-0.05, 0) is 19.1 Å². The van der Waals surface area contributed by atoms with E-state index in [2.05, 4.69) is 4.98 Å². The van der Waals surface area contributed by atoms with Crippen LogP contribution in [-0.4, -0.2) is 15.5 Å². The summed E-state index contributed by atoms with van der Waals surface area (Å²) in [5, 5.41) is 0. The van der Waals surface area contributed by atoms with Crippen LogP contribution in [0, 0.1) is 6.92 Å². The van der Waals surface area contributed by atoms with Crippen LogP contribution in [0.4, 0.5) is 0 Å². The van der Waals surface area contributed by atoms with Crippen LogP contribution >= 0.6 is 0 Å². The Kier molecular flexibility index (Phi) is 2.91. The van der Waals surface area contributed by atoms with E-state index in [-0.39, 0.29) is 18.5 Å². The minimum atomic E-state index is -0.421. The van der Waals surface area contributed by atoms with Gasteiger partial charge in [0.2, 0.25) is 5.91 Å². The van der Waals surface area contributed by atoms with Crippen molar-refractivity contribution in [2.24, 2.45) is 5.73 Å². The first-order chi connectivity index (χ1) is 8.09. The molecule has 2 rings (SSSR count). The van der Waals surface area contributed by atoms with Gasteiger partial charge in [0.05, 0.1) is 11.0 Å². The van der Waals surface area contributed by atoms with Crippen molar-refractivity contribution < 1.29 is 4.79 Å². The van der Waals surface area contributed by atoms with Crippen molar-refractivity contribution >= 4 is 16.9 Å². The summed E-state index contributed by atoms with van der Waals surface area (Å²) in [7, 11) is 0. The number of hydrogen-bond acceptors (Lipinski definition) is 3. The van der Waals surface area contributed by atoms with E-state index in [9.17, 15) is 9.59 Å². The third kappa shape index (κ3) is 2.18. The Morgan fingerprint density at radius 1 is 1.41 bits per heavy atom. The molecular formula is C12H13N3O2. The van der Waals surface area contributed by atoms with E-state index in [0.29, 0.717) is 5.69 Å². The average Bonchev–Trinajstić information content (AvgIpc) is 2.29. The fourth-order valence-electron chi connectivity index (χ4n) is 1.76. The maximum Gasteiger partial charge on any atom is 0.272 e. The van der Waals surface area contributed by atoms with Gasteiger partial charge in [-0.3, -0.25) is 9.59 Å². The van der Waals surface area contributed by atoms with Crippen molar-refractivity contribution in [3.63, 3.8) is 0 Å². The maximum absolute atomic E-state index is 11.9. The molecule has 1 amide bonds. The second-order valence-electron chi connectivity index (χ2n) is 3.86. The molecule has 1 heterocycles. The number of aromatic nitrogens is 2. The molecule has 0 spiro atoms. The zero-order valence-corrected chi connectivity index (χ0v) is 9.51. The zero-order chi connectivity index (χ0) is 12.4. The molecule has 0 aliphatic heterocycles. The highest BCUT2D eigenvalue weighted by Crippen LogP contribution is 2.09. The van der Waals surface area contributed by atoms with E-state index in [1.807, 2.05) is 24.3 Å². The normalized spacial score (nSPS) is 10.6. The maximum atomic E-state index is 11.9. The summed E-state index contributed by atoms with van der Waals surface area (Å²) in [5.74, 6) is -0.421. The molecule has 5 nitrogen and oxygen atoms in total. The summed E-state index contributed by atoms with van der Waals surface area (Å²) in [5.41, 5.74) is 6.82. The Labute approximate surface area is 97.9 Å². The predicted molar refractivity (Wildman–Crippen MR) is 64.6 cm³/mol. The Morgan fingerprint density at radius 3 is 2.82 bits per heavy atom. The molecule has 0 aliphatic carbocycles. The lowest BCUT2D eigenvalue weighted by molar-refractivity contribution is -0.118. The molecule has 0 saturated heterocycles. The van der Waals surface area contributed by atoms with Gasteiger partial charge < -0.3 is 10.3 Å². The van der Waals surface area contributed by atoms with Crippen LogP contribution in [0.15, 0.2) is 29.1 Å². The van der Waals surface area contributed by atoms with Crippen molar-refractivity contribution in [1.29, 1.82) is 0 Å². The van der Waals surface area contributed by atoms with E-state index in [0.717, 1.165) is 11.0 Å². The van der Waals surface area contributed by atoms with Crippen LogP contribution in [0.3, 0.4) is 0 Å². The first kappa shape index (κ1) is 11.3. The van der Waals surface area contributed by atoms with Crippen LogP contribution in [0.1, 0.15) is 12.1 Å². The monoisotopic (exact) mass is 231 g/mol. The van der Waals surface area contributed by atoms with E-state index in [1.165, 1.54) is 0 Å². The zero-order valence-electron chi connectivity index (χ0n) is 9.51. The van der Waals surface area contributed by atoms with Crippen molar-refractivity contribution in [2.75, 3.05) is 0 Å². The summed E-state index contributed by atoms with van der Waals surface area (Å²) in [6, 6.07) is 7.34. The minimum Gasteiger partial charge on any atom is -0.370 e. The summed E-state index contributed by atoms with van der Waals surface area (Å²) >= 11 is 0. The van der Waals surface area contributed by atoms with Gasteiger partial charge in [-0.1, -0.05) is 12.1 Å². The Morgan fingerprint density at radius 2 is 2.12 bits per heavy atom. The SMILES string of the molecule is Cc1nc2ccccc2n(CCC(N)=O)c1=O. The number of rotatable bonds is 3. The number of nitrogens with zero attached hydrogens (tertiary/aromatic N) is 2. The van der Waals surface area contributed by atoms with Crippen LogP contribution in [0.2, 0.25) is 0 Å². The third-order valence-corrected chi connectivity index (χ3v) is 2.60. The lowest BCUT2D eigenvalue weighted by Crippen LogP contribution is -2.26. The number of hydrogen-bond donors (Lipinski definition) is 1. The number of nitrogens with two attached hydrogens (primary N) is 1. The smallest absolute Gasteiger partial charge is 0.272 e. The molecule has 5 heteroatoms. The van der Waals surface area contributed by atoms with Crippen LogP contribution < -0.4 is 11.3 Å². The van der Waals surface area contributed by atoms with Gasteiger partial charge in [0, 0.05) is 13.0 Å². The second-order valence-corrected chi connectivity index (χ2v) is 3.86. The van der Waals surface area contributed by atoms with Crippen LogP contribution in [-0.2, 0) is 11.3 Å². The van der Waals surface area contributed by atoms with E-state index in [1.54, 1.807) is 11.5 Å². The number of para-hydroxylation sites is 2. The van der Waals surface area contributed by atoms with E-state index < -0.39 is 5.91 Å². The van der Waals surface area contributed by atoms with Gasteiger partial charge in [0.15, 0.2) is 0 Å². The standard InChI is InChI=1S/C12H13N3O2/c1-8-12(17)15(7-6-11(13)16)10-5-3-2-4-9(10)14-8/h2-5H,6-7H2,1H3,(H2,13,16). The largest absolute Gasteiger partial charge is 0.370 e. The van der Waals surface area contributed by atoms with Gasteiger partial charge in [-0.15, -0.1) is 0 Å². The second kappa shape index (κ2) is 4.37. The molecule has 0 aliphatic rings. The summed E-state index contributed by atoms with van der Waals surface area (Å²) in [6.07, 6.45) is 0.146. The molecule has 0 unspecified atom stereocenters. The topological polar surface area (TPSA) is 78.0 Å². The fourth-order valence-corrected chi connectivity index (χ4v) is 1.76. The Balaban J connectivity index is 2.61. The van der Waals surface area contributed by atoms with Crippen molar-refractivity contribution in [3.8, 4) is 0 Å². The molecule has 1 aromatic heterocycles. The lowest BCUT2D eigenvalue weighted by Gasteiger charge is -2.09. The first-order valence-corrected chi connectivity index (χ1v) is 5.34. The fraction of sp³-hybridized carbons (Fsp3) is 0.250. The number of primary amides is 1. The Hall–Kier alpha value is -2.17. The van der Waals surface area contributed by atoms with Gasteiger partial charge in [-0.2, -0.15) is 0 Å². The number of benzene rings is 1.